The third-order valence-corrected chi connectivity index (χ3v) is 1.58. The van der Waals surface area contributed by atoms with Crippen molar-refractivity contribution >= 4 is 0 Å². The zero-order valence-corrected chi connectivity index (χ0v) is 7.55. The second kappa shape index (κ2) is 10.5. The molecule has 0 aromatic carbocycles. The number of hydrogen-bond acceptors (Lipinski definition) is 2. The summed E-state index contributed by atoms with van der Waals surface area (Å²) in [5, 5.41) is 15.2. The molecular weight excluding hydrogens is 152 g/mol. The molecule has 0 amide bonds. The Morgan fingerprint density at radius 3 is 1.50 bits per heavy atom. The zero-order chi connectivity index (χ0) is 9.07. The van der Waals surface area contributed by atoms with E-state index in [4.69, 9.17) is 10.2 Å². The highest BCUT2D eigenvalue weighted by atomic mass is 16.3. The Morgan fingerprint density at radius 1 is 0.750 bits per heavy atom. The van der Waals surface area contributed by atoms with Crippen LogP contribution in [0.25, 0.3) is 0 Å². The fourth-order valence-electron chi connectivity index (χ4n) is 0.957. The molecule has 2 heteroatoms. The summed E-state index contributed by atoms with van der Waals surface area (Å²) in [5.74, 6) is 6.27. The molecule has 2 N–H and O–H groups in total. The molecule has 12 heavy (non-hydrogen) atoms. The molecule has 0 radical (unpaired) electrons. The van der Waals surface area contributed by atoms with Gasteiger partial charge in [0.1, 0.15) is 0 Å². The summed E-state index contributed by atoms with van der Waals surface area (Å²) < 4.78 is 0. The molecule has 0 atom stereocenters. The third kappa shape index (κ3) is 9.48. The van der Waals surface area contributed by atoms with Gasteiger partial charge in [-0.25, -0.2) is 0 Å². The van der Waals surface area contributed by atoms with Crippen molar-refractivity contribution in [1.82, 2.24) is 0 Å². The molecular formula is C10H18O2. The summed E-state index contributed by atoms with van der Waals surface area (Å²) in [6, 6.07) is 0. The molecule has 0 saturated carbocycles. The molecule has 2 nitrogen and oxygen atoms in total. The molecule has 1 rings (SSSR count). The predicted molar refractivity (Wildman–Crippen MR) is 49.6 cm³/mol. The van der Waals surface area contributed by atoms with Crippen LogP contribution in [0.4, 0.5) is 0 Å². The van der Waals surface area contributed by atoms with E-state index in [1.165, 1.54) is 25.7 Å². The summed E-state index contributed by atoms with van der Waals surface area (Å²) in [6.45, 7) is -0.250. The van der Waals surface area contributed by atoms with Gasteiger partial charge in [-0.2, -0.15) is 0 Å². The quantitative estimate of drug-likeness (QED) is 0.583. The smallest absolute Gasteiger partial charge is 0.0662 e. The average molecular weight is 170 g/mol. The van der Waals surface area contributed by atoms with Crippen molar-refractivity contribution in [2.45, 2.75) is 38.5 Å². The van der Waals surface area contributed by atoms with Gasteiger partial charge in [-0.15, -0.1) is 11.8 Å². The van der Waals surface area contributed by atoms with Crippen molar-refractivity contribution in [2.24, 2.45) is 0 Å². The van der Waals surface area contributed by atoms with Crippen LogP contribution >= 0.6 is 0 Å². The minimum atomic E-state index is -0.125. The maximum atomic E-state index is 7.62. The maximum absolute atomic E-state index is 7.62. The average Bonchev–Trinajstić information content (AvgIpc) is 2.04. The molecule has 0 unspecified atom stereocenters. The van der Waals surface area contributed by atoms with Crippen LogP contribution in [0.15, 0.2) is 0 Å². The molecule has 0 aromatic rings. The second-order valence-corrected chi connectivity index (χ2v) is 2.71. The summed E-state index contributed by atoms with van der Waals surface area (Å²) in [5.41, 5.74) is 0. The van der Waals surface area contributed by atoms with E-state index >= 15 is 0 Å². The van der Waals surface area contributed by atoms with E-state index in [-0.39, 0.29) is 13.2 Å². The molecule has 0 aliphatic heterocycles. The minimum absolute atomic E-state index is 0.125. The van der Waals surface area contributed by atoms with Gasteiger partial charge in [0.25, 0.3) is 0 Å². The van der Waals surface area contributed by atoms with Crippen molar-refractivity contribution in [3.63, 3.8) is 0 Å². The van der Waals surface area contributed by atoms with Crippen LogP contribution in [0.5, 0.6) is 0 Å². The van der Waals surface area contributed by atoms with Crippen LogP contribution in [0.3, 0.4) is 0 Å². The fourth-order valence-corrected chi connectivity index (χ4v) is 0.957. The van der Waals surface area contributed by atoms with Crippen molar-refractivity contribution in [3.8, 4) is 11.8 Å². The van der Waals surface area contributed by atoms with E-state index in [9.17, 15) is 0 Å². The molecule has 0 saturated heterocycles. The van der Waals surface area contributed by atoms with Gasteiger partial charge in [0.2, 0.25) is 0 Å². The molecule has 0 bridgehead atoms. The maximum Gasteiger partial charge on any atom is 0.0662 e. The van der Waals surface area contributed by atoms with E-state index in [0.717, 1.165) is 12.8 Å². The van der Waals surface area contributed by atoms with Crippen molar-refractivity contribution in [1.29, 1.82) is 0 Å². The zero-order valence-electron chi connectivity index (χ0n) is 7.55. The molecule has 0 fully saturated rings. The van der Waals surface area contributed by atoms with E-state index in [1.807, 2.05) is 0 Å². The first kappa shape index (κ1) is 11.5. The topological polar surface area (TPSA) is 40.5 Å². The highest BCUT2D eigenvalue weighted by molar-refractivity contribution is 4.99. The fraction of sp³-hybridized carbons (Fsp3) is 0.800. The molecule has 0 heterocycles. The summed E-state index contributed by atoms with van der Waals surface area (Å²) in [6.07, 6.45) is 7.73. The molecule has 0 spiro atoms. The number of aliphatic hydroxyl groups is 2. The minimum Gasteiger partial charge on any atom is -0.394 e. The first-order chi connectivity index (χ1) is 5.91. The van der Waals surface area contributed by atoms with Crippen LogP contribution in [0.1, 0.15) is 38.5 Å². The van der Waals surface area contributed by atoms with Gasteiger partial charge in [-0.1, -0.05) is 12.8 Å². The van der Waals surface area contributed by atoms with E-state index in [2.05, 4.69) is 11.8 Å². The van der Waals surface area contributed by atoms with Gasteiger partial charge in [0.15, 0.2) is 0 Å². The first-order valence-electron chi connectivity index (χ1n) is 4.59. The number of rotatable bonds is 1. The summed E-state index contributed by atoms with van der Waals surface area (Å²) in [7, 11) is 0. The normalized spacial score (nSPS) is 15.8. The lowest BCUT2D eigenvalue weighted by atomic mass is 10.1. The highest BCUT2D eigenvalue weighted by Crippen LogP contribution is 2.06. The van der Waals surface area contributed by atoms with E-state index in [1.54, 1.807) is 0 Å². The Morgan fingerprint density at radius 2 is 1.17 bits per heavy atom. The molecule has 0 aromatic heterocycles. The second-order valence-electron chi connectivity index (χ2n) is 2.71. The van der Waals surface area contributed by atoms with Crippen molar-refractivity contribution in [3.05, 3.63) is 0 Å². The van der Waals surface area contributed by atoms with Crippen LogP contribution < -0.4 is 0 Å². The van der Waals surface area contributed by atoms with Crippen LogP contribution in [-0.4, -0.2) is 23.4 Å². The number of hydrogen-bond donors (Lipinski definition) is 2. The van der Waals surface area contributed by atoms with Crippen LogP contribution in [0, 0.1) is 11.8 Å². The lowest BCUT2D eigenvalue weighted by molar-refractivity contribution is 0.186. The standard InChI is InChI=1S/C8H12.C2H6O2/c1-2-4-6-8-7-5-3-1;3-1-2-4/h1-6H2;3-4H,1-2H2. The predicted octanol–water partition coefficient (Wildman–Crippen LogP) is 1.31. The van der Waals surface area contributed by atoms with Crippen molar-refractivity contribution < 1.29 is 10.2 Å². The largest absolute Gasteiger partial charge is 0.394 e. The number of aliphatic hydroxyl groups excluding tert-OH is 2. The monoisotopic (exact) mass is 170 g/mol. The highest BCUT2D eigenvalue weighted by Gasteiger charge is 1.89. The van der Waals surface area contributed by atoms with E-state index in [0.29, 0.717) is 0 Å². The van der Waals surface area contributed by atoms with Crippen molar-refractivity contribution in [2.75, 3.05) is 13.2 Å². The van der Waals surface area contributed by atoms with E-state index < -0.39 is 0 Å². The van der Waals surface area contributed by atoms with Gasteiger partial charge < -0.3 is 10.2 Å². The van der Waals surface area contributed by atoms with Crippen LogP contribution in [0.2, 0.25) is 0 Å². The summed E-state index contributed by atoms with van der Waals surface area (Å²) >= 11 is 0. The van der Waals surface area contributed by atoms with Gasteiger partial charge in [0.05, 0.1) is 13.2 Å². The Kier molecular flexibility index (Phi) is 10.0. The molecule has 1 aliphatic carbocycles. The lowest BCUT2D eigenvalue weighted by Gasteiger charge is -1.97. The van der Waals surface area contributed by atoms with Gasteiger partial charge in [0, 0.05) is 12.8 Å². The SMILES string of the molecule is C1#CCCCCCC1.OCCO. The first-order valence-corrected chi connectivity index (χ1v) is 4.59. The molecule has 70 valence electrons. The lowest BCUT2D eigenvalue weighted by Crippen LogP contribution is -1.85. The Hall–Kier alpha value is -0.520. The Bertz CT molecular complexity index is 119. The third-order valence-electron chi connectivity index (χ3n) is 1.58. The Labute approximate surface area is 74.6 Å². The molecule has 1 aliphatic rings. The summed E-state index contributed by atoms with van der Waals surface area (Å²) in [4.78, 5) is 0. The van der Waals surface area contributed by atoms with Gasteiger partial charge >= 0.3 is 0 Å². The van der Waals surface area contributed by atoms with Gasteiger partial charge in [-0.05, 0) is 12.8 Å². The van der Waals surface area contributed by atoms with Crippen LogP contribution in [-0.2, 0) is 0 Å². The van der Waals surface area contributed by atoms with Gasteiger partial charge in [-0.3, -0.25) is 0 Å². The Balaban J connectivity index is 0.000000261.